The van der Waals surface area contributed by atoms with Gasteiger partial charge in [-0.3, -0.25) is 9.59 Å². The summed E-state index contributed by atoms with van der Waals surface area (Å²) in [4.78, 5) is 21.8. The molecule has 26 heavy (non-hydrogen) atoms. The van der Waals surface area contributed by atoms with E-state index in [1.165, 1.54) is 77.0 Å². The van der Waals surface area contributed by atoms with Gasteiger partial charge in [-0.25, -0.2) is 0 Å². The van der Waals surface area contributed by atoms with Crippen molar-refractivity contribution in [2.75, 3.05) is 0 Å². The van der Waals surface area contributed by atoms with E-state index in [2.05, 4.69) is 13.5 Å². The molecule has 0 bridgehead atoms. The molecule has 152 valence electrons. The van der Waals surface area contributed by atoms with Gasteiger partial charge in [0.2, 0.25) is 0 Å². The van der Waals surface area contributed by atoms with E-state index in [1.54, 1.807) is 0 Å². The number of rotatable bonds is 19. The Labute approximate surface area is 160 Å². The van der Waals surface area contributed by atoms with Gasteiger partial charge < -0.3 is 10.2 Å². The van der Waals surface area contributed by atoms with Crippen LogP contribution in [0.1, 0.15) is 110 Å². The molecule has 0 aromatic rings. The van der Waals surface area contributed by atoms with E-state index < -0.39 is 17.9 Å². The topological polar surface area (TPSA) is 74.6 Å². The highest BCUT2D eigenvalue weighted by Crippen LogP contribution is 2.21. The molecule has 0 rings (SSSR count). The van der Waals surface area contributed by atoms with Gasteiger partial charge in [0.25, 0.3) is 0 Å². The second kappa shape index (κ2) is 17.1. The SMILES string of the molecule is C=C(CCCCCCCCCCCCCCCC)C(CC(=O)O)C(=O)O. The fourth-order valence-corrected chi connectivity index (χ4v) is 3.30. The van der Waals surface area contributed by atoms with Gasteiger partial charge >= 0.3 is 11.9 Å². The fraction of sp³-hybridized carbons (Fsp3) is 0.818. The summed E-state index contributed by atoms with van der Waals surface area (Å²) in [5.74, 6) is -3.11. The lowest BCUT2D eigenvalue weighted by atomic mass is 9.92. The van der Waals surface area contributed by atoms with Crippen molar-refractivity contribution in [1.82, 2.24) is 0 Å². The third-order valence-corrected chi connectivity index (χ3v) is 5.02. The number of hydrogen-bond acceptors (Lipinski definition) is 2. The molecule has 0 heterocycles. The molecule has 0 saturated carbocycles. The van der Waals surface area contributed by atoms with Crippen molar-refractivity contribution in [2.45, 2.75) is 110 Å². The van der Waals surface area contributed by atoms with E-state index in [0.29, 0.717) is 12.0 Å². The predicted octanol–water partition coefficient (Wildman–Crippen LogP) is 6.59. The normalized spacial score (nSPS) is 12.0. The summed E-state index contributed by atoms with van der Waals surface area (Å²) in [6, 6.07) is 0. The van der Waals surface area contributed by atoms with Crippen LogP contribution >= 0.6 is 0 Å². The Bertz CT molecular complexity index is 390. The number of aliphatic carboxylic acids is 2. The molecule has 0 fully saturated rings. The summed E-state index contributed by atoms with van der Waals surface area (Å²) in [5, 5.41) is 17.9. The van der Waals surface area contributed by atoms with E-state index >= 15 is 0 Å². The predicted molar refractivity (Wildman–Crippen MR) is 107 cm³/mol. The molecule has 0 saturated heterocycles. The summed E-state index contributed by atoms with van der Waals surface area (Å²) >= 11 is 0. The van der Waals surface area contributed by atoms with Crippen molar-refractivity contribution in [3.8, 4) is 0 Å². The van der Waals surface area contributed by atoms with Crippen molar-refractivity contribution in [3.63, 3.8) is 0 Å². The zero-order valence-corrected chi connectivity index (χ0v) is 16.8. The van der Waals surface area contributed by atoms with Gasteiger partial charge in [0.1, 0.15) is 0 Å². The summed E-state index contributed by atoms with van der Waals surface area (Å²) in [7, 11) is 0. The van der Waals surface area contributed by atoms with Crippen LogP contribution in [0.25, 0.3) is 0 Å². The summed E-state index contributed by atoms with van der Waals surface area (Å²) in [5.41, 5.74) is 0.541. The second-order valence-corrected chi connectivity index (χ2v) is 7.49. The zero-order valence-electron chi connectivity index (χ0n) is 16.8. The highest BCUT2D eigenvalue weighted by atomic mass is 16.4. The van der Waals surface area contributed by atoms with Crippen LogP contribution < -0.4 is 0 Å². The number of unbranched alkanes of at least 4 members (excludes halogenated alkanes) is 13. The monoisotopic (exact) mass is 368 g/mol. The van der Waals surface area contributed by atoms with Crippen LogP contribution in [0.15, 0.2) is 12.2 Å². The Hall–Kier alpha value is -1.32. The van der Waals surface area contributed by atoms with Gasteiger partial charge in [-0.15, -0.1) is 0 Å². The molecule has 0 radical (unpaired) electrons. The molecule has 0 amide bonds. The molecule has 0 aromatic heterocycles. The van der Waals surface area contributed by atoms with Crippen LogP contribution in [0.5, 0.6) is 0 Å². The Morgan fingerprint density at radius 2 is 1.12 bits per heavy atom. The van der Waals surface area contributed by atoms with Crippen molar-refractivity contribution in [1.29, 1.82) is 0 Å². The standard InChI is InChI=1S/C22H40O4/c1-3-4-5-6-7-8-9-10-11-12-13-14-15-16-17-19(2)20(22(25)26)18-21(23)24/h20H,2-18H2,1H3,(H,23,24)(H,25,26). The lowest BCUT2D eigenvalue weighted by Gasteiger charge is -2.13. The summed E-state index contributed by atoms with van der Waals surface area (Å²) in [6.45, 7) is 6.04. The number of carbonyl (C=O) groups is 2. The molecule has 0 aliphatic heterocycles. The van der Waals surface area contributed by atoms with E-state index in [0.717, 1.165) is 12.8 Å². The van der Waals surface area contributed by atoms with Crippen LogP contribution in [-0.4, -0.2) is 22.2 Å². The van der Waals surface area contributed by atoms with E-state index in [-0.39, 0.29) is 6.42 Å². The molecule has 2 N–H and O–H groups in total. The number of hydrogen-bond donors (Lipinski definition) is 2. The molecule has 1 atom stereocenters. The van der Waals surface area contributed by atoms with Gasteiger partial charge in [0, 0.05) is 0 Å². The number of carboxylic acids is 2. The van der Waals surface area contributed by atoms with Gasteiger partial charge in [0.15, 0.2) is 0 Å². The van der Waals surface area contributed by atoms with Crippen LogP contribution in [-0.2, 0) is 9.59 Å². The first-order chi connectivity index (χ1) is 12.5. The summed E-state index contributed by atoms with van der Waals surface area (Å²) in [6.07, 6.45) is 18.2. The van der Waals surface area contributed by atoms with Crippen LogP contribution in [0, 0.1) is 5.92 Å². The minimum Gasteiger partial charge on any atom is -0.481 e. The van der Waals surface area contributed by atoms with E-state index in [9.17, 15) is 9.59 Å². The Morgan fingerprint density at radius 3 is 1.46 bits per heavy atom. The third kappa shape index (κ3) is 15.0. The molecule has 1 unspecified atom stereocenters. The highest BCUT2D eigenvalue weighted by molar-refractivity contribution is 5.80. The first kappa shape index (κ1) is 24.7. The maximum absolute atomic E-state index is 11.1. The quantitative estimate of drug-likeness (QED) is 0.199. The first-order valence-corrected chi connectivity index (χ1v) is 10.6. The molecule has 0 aliphatic rings. The van der Waals surface area contributed by atoms with Crippen molar-refractivity contribution in [2.24, 2.45) is 5.92 Å². The molecule has 4 nitrogen and oxygen atoms in total. The summed E-state index contributed by atoms with van der Waals surface area (Å²) < 4.78 is 0. The Kier molecular flexibility index (Phi) is 16.2. The fourth-order valence-electron chi connectivity index (χ4n) is 3.30. The smallest absolute Gasteiger partial charge is 0.311 e. The van der Waals surface area contributed by atoms with E-state index in [1.807, 2.05) is 0 Å². The largest absolute Gasteiger partial charge is 0.481 e. The maximum atomic E-state index is 11.1. The Balaban J connectivity index is 3.46. The van der Waals surface area contributed by atoms with Crippen LogP contribution in [0.4, 0.5) is 0 Å². The Morgan fingerprint density at radius 1 is 0.731 bits per heavy atom. The molecular weight excluding hydrogens is 328 g/mol. The van der Waals surface area contributed by atoms with Gasteiger partial charge in [-0.2, -0.15) is 0 Å². The van der Waals surface area contributed by atoms with Gasteiger partial charge in [-0.1, -0.05) is 103 Å². The van der Waals surface area contributed by atoms with Gasteiger partial charge in [-0.05, 0) is 12.8 Å². The van der Waals surface area contributed by atoms with Gasteiger partial charge in [0.05, 0.1) is 12.3 Å². The molecule has 0 aliphatic carbocycles. The third-order valence-electron chi connectivity index (χ3n) is 5.02. The van der Waals surface area contributed by atoms with Crippen LogP contribution in [0.3, 0.4) is 0 Å². The number of carboxylic acid groups (broad SMARTS) is 2. The molecule has 0 aromatic carbocycles. The van der Waals surface area contributed by atoms with E-state index in [4.69, 9.17) is 10.2 Å². The second-order valence-electron chi connectivity index (χ2n) is 7.49. The van der Waals surface area contributed by atoms with Crippen molar-refractivity contribution < 1.29 is 19.8 Å². The minimum atomic E-state index is -1.08. The zero-order chi connectivity index (χ0) is 19.6. The van der Waals surface area contributed by atoms with Crippen molar-refractivity contribution in [3.05, 3.63) is 12.2 Å². The lowest BCUT2D eigenvalue weighted by molar-refractivity contribution is -0.147. The molecule has 0 spiro atoms. The van der Waals surface area contributed by atoms with Crippen molar-refractivity contribution >= 4 is 11.9 Å². The average Bonchev–Trinajstić information content (AvgIpc) is 2.59. The average molecular weight is 369 g/mol. The lowest BCUT2D eigenvalue weighted by Crippen LogP contribution is -2.19. The molecule has 4 heteroatoms. The van der Waals surface area contributed by atoms with Crippen LogP contribution in [0.2, 0.25) is 0 Å². The first-order valence-electron chi connectivity index (χ1n) is 10.6. The molecular formula is C22H40O4. The highest BCUT2D eigenvalue weighted by Gasteiger charge is 2.23. The minimum absolute atomic E-state index is 0.368. The maximum Gasteiger partial charge on any atom is 0.311 e.